The van der Waals surface area contributed by atoms with Crippen LogP contribution < -0.4 is 0 Å². The third-order valence-electron chi connectivity index (χ3n) is 3.37. The number of aromatic nitrogens is 2. The molecule has 0 radical (unpaired) electrons. The Morgan fingerprint density at radius 1 is 1.38 bits per heavy atom. The highest BCUT2D eigenvalue weighted by atomic mass is 35.5. The second-order valence-electron chi connectivity index (χ2n) is 4.99. The molecule has 1 aliphatic rings. The number of pyridine rings is 1. The van der Waals surface area contributed by atoms with Crippen LogP contribution in [0.1, 0.15) is 31.7 Å². The molecule has 0 spiro atoms. The summed E-state index contributed by atoms with van der Waals surface area (Å²) in [4.78, 5) is 4.66. The van der Waals surface area contributed by atoms with Gasteiger partial charge in [-0.2, -0.15) is 0 Å². The van der Waals surface area contributed by atoms with E-state index >= 15 is 0 Å². The van der Waals surface area contributed by atoms with E-state index in [9.17, 15) is 0 Å². The van der Waals surface area contributed by atoms with E-state index in [4.69, 9.17) is 23.2 Å². The molecule has 2 nitrogen and oxygen atoms in total. The fraction of sp³-hybridized carbons (Fsp3) is 0.417. The minimum absolute atomic E-state index is 0.150. The van der Waals surface area contributed by atoms with Gasteiger partial charge in [0.2, 0.25) is 0 Å². The van der Waals surface area contributed by atoms with Crippen LogP contribution in [0.3, 0.4) is 0 Å². The molecule has 16 heavy (non-hydrogen) atoms. The number of halogens is 2. The third kappa shape index (κ3) is 1.30. The minimum Gasteiger partial charge on any atom is -0.301 e. The number of fused-ring (bicyclic) bond motifs is 3. The summed E-state index contributed by atoms with van der Waals surface area (Å²) in [5, 5.41) is 1.28. The molecule has 2 heterocycles. The standard InChI is InChI=1S/C12H12Cl2N2/c1-12(2)4-3-9-10(12)15-11-8(14)5-7(13)6-16(9)11/h5-6H,3-4H2,1-2H3. The number of aryl methyl sites for hydroxylation is 1. The summed E-state index contributed by atoms with van der Waals surface area (Å²) in [7, 11) is 0. The van der Waals surface area contributed by atoms with Gasteiger partial charge in [-0.3, -0.25) is 0 Å². The Balaban J connectivity index is 2.40. The van der Waals surface area contributed by atoms with E-state index in [1.807, 2.05) is 10.6 Å². The minimum atomic E-state index is 0.150. The summed E-state index contributed by atoms with van der Waals surface area (Å²) in [5.74, 6) is 0. The van der Waals surface area contributed by atoms with Crippen molar-refractivity contribution in [1.29, 1.82) is 0 Å². The van der Waals surface area contributed by atoms with Crippen LogP contribution >= 0.6 is 23.2 Å². The first-order valence-corrected chi connectivity index (χ1v) is 6.11. The maximum Gasteiger partial charge on any atom is 0.156 e. The lowest BCUT2D eigenvalue weighted by atomic mass is 9.91. The zero-order valence-electron chi connectivity index (χ0n) is 9.22. The molecule has 2 aromatic rings. The second kappa shape index (κ2) is 3.14. The quantitative estimate of drug-likeness (QED) is 0.698. The second-order valence-corrected chi connectivity index (χ2v) is 5.83. The lowest BCUT2D eigenvalue weighted by Gasteiger charge is -2.14. The van der Waals surface area contributed by atoms with Crippen LogP contribution in [-0.2, 0) is 11.8 Å². The van der Waals surface area contributed by atoms with Crippen molar-refractivity contribution in [1.82, 2.24) is 9.38 Å². The van der Waals surface area contributed by atoms with E-state index < -0.39 is 0 Å². The van der Waals surface area contributed by atoms with Gasteiger partial charge in [0.15, 0.2) is 5.65 Å². The molecular weight excluding hydrogens is 243 g/mol. The van der Waals surface area contributed by atoms with Crippen molar-refractivity contribution in [2.45, 2.75) is 32.1 Å². The molecule has 0 fully saturated rings. The molecule has 4 heteroatoms. The SMILES string of the molecule is CC1(C)CCc2c1nc1c(Cl)cc(Cl)cn21. The van der Waals surface area contributed by atoms with Gasteiger partial charge in [0, 0.05) is 17.3 Å². The Morgan fingerprint density at radius 3 is 2.88 bits per heavy atom. The van der Waals surface area contributed by atoms with Gasteiger partial charge in [-0.25, -0.2) is 4.98 Å². The molecule has 0 atom stereocenters. The van der Waals surface area contributed by atoms with Crippen molar-refractivity contribution in [2.75, 3.05) is 0 Å². The van der Waals surface area contributed by atoms with Crippen LogP contribution in [0.2, 0.25) is 10.0 Å². The zero-order valence-corrected chi connectivity index (χ0v) is 10.7. The summed E-state index contributed by atoms with van der Waals surface area (Å²) in [6.45, 7) is 4.45. The highest BCUT2D eigenvalue weighted by Gasteiger charge is 2.34. The number of imidazole rings is 1. The van der Waals surface area contributed by atoms with Gasteiger partial charge in [-0.1, -0.05) is 37.0 Å². The summed E-state index contributed by atoms with van der Waals surface area (Å²) in [6, 6.07) is 1.74. The average molecular weight is 255 g/mol. The molecular formula is C12H12Cl2N2. The summed E-state index contributed by atoms with van der Waals surface area (Å²) >= 11 is 12.2. The van der Waals surface area contributed by atoms with Crippen molar-refractivity contribution >= 4 is 28.8 Å². The predicted octanol–water partition coefficient (Wildman–Crippen LogP) is 3.86. The molecule has 0 amide bonds. The molecule has 1 aliphatic carbocycles. The van der Waals surface area contributed by atoms with Crippen LogP contribution in [0.25, 0.3) is 5.65 Å². The van der Waals surface area contributed by atoms with Crippen molar-refractivity contribution < 1.29 is 0 Å². The average Bonchev–Trinajstić information content (AvgIpc) is 2.66. The van der Waals surface area contributed by atoms with Gasteiger partial charge in [0.05, 0.1) is 15.7 Å². The Kier molecular flexibility index (Phi) is 2.05. The Bertz CT molecular complexity index is 584. The predicted molar refractivity (Wildman–Crippen MR) is 66.6 cm³/mol. The van der Waals surface area contributed by atoms with Crippen LogP contribution in [0.5, 0.6) is 0 Å². The maximum absolute atomic E-state index is 6.15. The van der Waals surface area contributed by atoms with E-state index in [0.29, 0.717) is 10.0 Å². The molecule has 0 N–H and O–H groups in total. The monoisotopic (exact) mass is 254 g/mol. The molecule has 0 saturated heterocycles. The Hall–Kier alpha value is -0.730. The van der Waals surface area contributed by atoms with Crippen molar-refractivity contribution in [3.05, 3.63) is 33.7 Å². The van der Waals surface area contributed by atoms with E-state index in [2.05, 4.69) is 18.8 Å². The lowest BCUT2D eigenvalue weighted by Crippen LogP contribution is -2.12. The Labute approximate surface area is 104 Å². The molecule has 2 aromatic heterocycles. The number of nitrogens with zero attached hydrogens (tertiary/aromatic N) is 2. The smallest absolute Gasteiger partial charge is 0.156 e. The first kappa shape index (κ1) is 10.4. The van der Waals surface area contributed by atoms with Crippen molar-refractivity contribution in [2.24, 2.45) is 0 Å². The Morgan fingerprint density at radius 2 is 2.12 bits per heavy atom. The first-order chi connectivity index (χ1) is 7.49. The van der Waals surface area contributed by atoms with Crippen LogP contribution in [-0.4, -0.2) is 9.38 Å². The molecule has 84 valence electrons. The highest BCUT2D eigenvalue weighted by molar-refractivity contribution is 6.36. The molecule has 0 unspecified atom stereocenters. The summed E-state index contributed by atoms with van der Waals surface area (Å²) in [5.41, 5.74) is 3.39. The van der Waals surface area contributed by atoms with Gasteiger partial charge in [-0.15, -0.1) is 0 Å². The molecule has 0 bridgehead atoms. The highest BCUT2D eigenvalue weighted by Crippen LogP contribution is 2.39. The molecule has 0 aliphatic heterocycles. The summed E-state index contributed by atoms with van der Waals surface area (Å²) < 4.78 is 2.04. The fourth-order valence-electron chi connectivity index (χ4n) is 2.45. The number of hydrogen-bond acceptors (Lipinski definition) is 1. The molecule has 0 aromatic carbocycles. The maximum atomic E-state index is 6.15. The van der Waals surface area contributed by atoms with Crippen LogP contribution in [0.15, 0.2) is 12.3 Å². The topological polar surface area (TPSA) is 17.3 Å². The van der Waals surface area contributed by atoms with Gasteiger partial charge in [0.1, 0.15) is 0 Å². The van der Waals surface area contributed by atoms with Gasteiger partial charge in [0.25, 0.3) is 0 Å². The summed E-state index contributed by atoms with van der Waals surface area (Å²) in [6.07, 6.45) is 4.08. The van der Waals surface area contributed by atoms with Gasteiger partial charge < -0.3 is 4.40 Å². The van der Waals surface area contributed by atoms with Gasteiger partial charge >= 0.3 is 0 Å². The molecule has 3 rings (SSSR count). The normalized spacial score (nSPS) is 18.0. The van der Waals surface area contributed by atoms with Gasteiger partial charge in [-0.05, 0) is 18.9 Å². The third-order valence-corrected chi connectivity index (χ3v) is 3.85. The van der Waals surface area contributed by atoms with Crippen molar-refractivity contribution in [3.8, 4) is 0 Å². The number of rotatable bonds is 0. The van der Waals surface area contributed by atoms with E-state index in [1.165, 1.54) is 5.69 Å². The van der Waals surface area contributed by atoms with E-state index in [0.717, 1.165) is 24.2 Å². The first-order valence-electron chi connectivity index (χ1n) is 5.35. The molecule has 0 saturated carbocycles. The van der Waals surface area contributed by atoms with Crippen LogP contribution in [0, 0.1) is 0 Å². The lowest BCUT2D eigenvalue weighted by molar-refractivity contribution is 0.510. The largest absolute Gasteiger partial charge is 0.301 e. The van der Waals surface area contributed by atoms with Crippen LogP contribution in [0.4, 0.5) is 0 Å². The van der Waals surface area contributed by atoms with Crippen molar-refractivity contribution in [3.63, 3.8) is 0 Å². The zero-order chi connectivity index (χ0) is 11.5. The van der Waals surface area contributed by atoms with E-state index in [1.54, 1.807) is 6.07 Å². The fourth-order valence-corrected chi connectivity index (χ4v) is 2.96. The number of hydrogen-bond donors (Lipinski definition) is 0. The van der Waals surface area contributed by atoms with E-state index in [-0.39, 0.29) is 5.41 Å².